The van der Waals surface area contributed by atoms with Crippen LogP contribution in [0, 0.1) is 0 Å². The lowest BCUT2D eigenvalue weighted by Crippen LogP contribution is -1.91. The maximum absolute atomic E-state index is 5.15. The van der Waals surface area contributed by atoms with E-state index in [2.05, 4.69) is 15.1 Å². The molecule has 0 unspecified atom stereocenters. The number of fused-ring (bicyclic) bond motifs is 1. The summed E-state index contributed by atoms with van der Waals surface area (Å²) < 4.78 is 6.90. The molecule has 0 aromatic carbocycles. The molecule has 0 aliphatic heterocycles. The summed E-state index contributed by atoms with van der Waals surface area (Å²) in [5, 5.41) is 4.40. The van der Waals surface area contributed by atoms with E-state index in [4.69, 9.17) is 4.74 Å². The van der Waals surface area contributed by atoms with Crippen molar-refractivity contribution in [3.8, 4) is 17.3 Å². The molecule has 0 bridgehead atoms. The Morgan fingerprint density at radius 1 is 1.18 bits per heavy atom. The lowest BCUT2D eigenvalue weighted by molar-refractivity contribution is 0.411. The topological polar surface area (TPSA) is 52.3 Å². The monoisotopic (exact) mass is 226 g/mol. The minimum Gasteiger partial charge on any atom is -0.495 e. The highest BCUT2D eigenvalue weighted by atomic mass is 16.5. The summed E-state index contributed by atoms with van der Waals surface area (Å²) in [6, 6.07) is 7.56. The molecular formula is C12H10N4O. The molecule has 3 heterocycles. The van der Waals surface area contributed by atoms with Crippen LogP contribution in [0.4, 0.5) is 0 Å². The molecule has 0 atom stereocenters. The van der Waals surface area contributed by atoms with E-state index in [0.717, 1.165) is 17.0 Å². The first-order chi connectivity index (χ1) is 8.36. The first kappa shape index (κ1) is 9.77. The van der Waals surface area contributed by atoms with Gasteiger partial charge in [0.15, 0.2) is 5.82 Å². The van der Waals surface area contributed by atoms with Crippen LogP contribution in [0.15, 0.2) is 42.9 Å². The molecule has 17 heavy (non-hydrogen) atoms. The zero-order chi connectivity index (χ0) is 11.7. The SMILES string of the molecule is COc1ccc2cc(-c3ncccn3)nn2c1. The number of ether oxygens (including phenoxy) is 1. The molecule has 0 amide bonds. The van der Waals surface area contributed by atoms with Gasteiger partial charge in [-0.05, 0) is 24.3 Å². The molecule has 0 saturated carbocycles. The van der Waals surface area contributed by atoms with E-state index in [1.54, 1.807) is 30.1 Å². The Hall–Kier alpha value is -2.43. The van der Waals surface area contributed by atoms with E-state index in [9.17, 15) is 0 Å². The predicted molar refractivity (Wildman–Crippen MR) is 62.8 cm³/mol. The second-order valence-corrected chi connectivity index (χ2v) is 3.54. The van der Waals surface area contributed by atoms with E-state index in [-0.39, 0.29) is 0 Å². The maximum atomic E-state index is 5.15. The summed E-state index contributed by atoms with van der Waals surface area (Å²) in [6.07, 6.45) is 5.22. The fourth-order valence-corrected chi connectivity index (χ4v) is 1.63. The third-order valence-electron chi connectivity index (χ3n) is 2.46. The van der Waals surface area contributed by atoms with Crippen molar-refractivity contribution in [1.29, 1.82) is 0 Å². The van der Waals surface area contributed by atoms with Crippen LogP contribution >= 0.6 is 0 Å². The van der Waals surface area contributed by atoms with Crippen molar-refractivity contribution in [2.45, 2.75) is 0 Å². The summed E-state index contributed by atoms with van der Waals surface area (Å²) in [7, 11) is 1.63. The molecule has 0 spiro atoms. The highest BCUT2D eigenvalue weighted by Crippen LogP contribution is 2.18. The zero-order valence-corrected chi connectivity index (χ0v) is 9.24. The number of aromatic nitrogens is 4. The van der Waals surface area contributed by atoms with Crippen LogP contribution in [0.3, 0.4) is 0 Å². The van der Waals surface area contributed by atoms with Crippen LogP contribution < -0.4 is 4.74 Å². The summed E-state index contributed by atoms with van der Waals surface area (Å²) in [6.45, 7) is 0. The zero-order valence-electron chi connectivity index (χ0n) is 9.24. The van der Waals surface area contributed by atoms with Crippen molar-refractivity contribution in [1.82, 2.24) is 19.6 Å². The molecule has 0 N–H and O–H groups in total. The van der Waals surface area contributed by atoms with Crippen molar-refractivity contribution in [3.63, 3.8) is 0 Å². The molecular weight excluding hydrogens is 216 g/mol. The normalized spacial score (nSPS) is 10.6. The molecule has 0 fully saturated rings. The predicted octanol–water partition coefficient (Wildman–Crippen LogP) is 1.80. The average Bonchev–Trinajstić information content (AvgIpc) is 2.82. The van der Waals surface area contributed by atoms with E-state index >= 15 is 0 Å². The van der Waals surface area contributed by atoms with Gasteiger partial charge in [-0.2, -0.15) is 5.10 Å². The van der Waals surface area contributed by atoms with Gasteiger partial charge in [-0.15, -0.1) is 0 Å². The van der Waals surface area contributed by atoms with E-state index in [1.807, 2.05) is 24.4 Å². The van der Waals surface area contributed by atoms with Gasteiger partial charge in [0, 0.05) is 12.4 Å². The van der Waals surface area contributed by atoms with Gasteiger partial charge in [0.05, 0.1) is 18.8 Å². The molecule has 3 aromatic rings. The van der Waals surface area contributed by atoms with Gasteiger partial charge in [-0.1, -0.05) is 0 Å². The highest BCUT2D eigenvalue weighted by molar-refractivity contribution is 5.60. The Balaban J connectivity index is 2.14. The smallest absolute Gasteiger partial charge is 0.180 e. The van der Waals surface area contributed by atoms with Crippen molar-refractivity contribution in [3.05, 3.63) is 42.9 Å². The van der Waals surface area contributed by atoms with Crippen molar-refractivity contribution >= 4 is 5.52 Å². The van der Waals surface area contributed by atoms with Gasteiger partial charge >= 0.3 is 0 Å². The number of hydrogen-bond acceptors (Lipinski definition) is 4. The molecule has 5 heteroatoms. The number of nitrogens with zero attached hydrogens (tertiary/aromatic N) is 4. The second-order valence-electron chi connectivity index (χ2n) is 3.54. The van der Waals surface area contributed by atoms with Crippen LogP contribution in [0.5, 0.6) is 5.75 Å². The van der Waals surface area contributed by atoms with Crippen LogP contribution in [0.1, 0.15) is 0 Å². The number of pyridine rings is 1. The highest BCUT2D eigenvalue weighted by Gasteiger charge is 2.06. The van der Waals surface area contributed by atoms with Gasteiger partial charge in [0.2, 0.25) is 0 Å². The standard InChI is InChI=1S/C12H10N4O/c1-17-10-4-3-9-7-11(15-16(9)8-10)12-13-5-2-6-14-12/h2-8H,1H3. The molecule has 3 aromatic heterocycles. The van der Waals surface area contributed by atoms with Crippen LogP contribution in [0.2, 0.25) is 0 Å². The third-order valence-corrected chi connectivity index (χ3v) is 2.46. The Morgan fingerprint density at radius 3 is 2.76 bits per heavy atom. The van der Waals surface area contributed by atoms with Gasteiger partial charge < -0.3 is 4.74 Å². The average molecular weight is 226 g/mol. The van der Waals surface area contributed by atoms with Gasteiger partial charge in [-0.3, -0.25) is 0 Å². The van der Waals surface area contributed by atoms with Gasteiger partial charge in [0.25, 0.3) is 0 Å². The van der Waals surface area contributed by atoms with Crippen LogP contribution in [-0.4, -0.2) is 26.7 Å². The largest absolute Gasteiger partial charge is 0.495 e. The van der Waals surface area contributed by atoms with Crippen molar-refractivity contribution in [2.75, 3.05) is 7.11 Å². The second kappa shape index (κ2) is 3.86. The molecule has 84 valence electrons. The van der Waals surface area contributed by atoms with Crippen molar-refractivity contribution in [2.24, 2.45) is 0 Å². The Bertz CT molecular complexity index is 648. The summed E-state index contributed by atoms with van der Waals surface area (Å²) in [5.41, 5.74) is 1.73. The van der Waals surface area contributed by atoms with Crippen molar-refractivity contribution < 1.29 is 4.74 Å². The maximum Gasteiger partial charge on any atom is 0.180 e. The third kappa shape index (κ3) is 1.71. The lowest BCUT2D eigenvalue weighted by Gasteiger charge is -1.98. The Morgan fingerprint density at radius 2 is 2.00 bits per heavy atom. The van der Waals surface area contributed by atoms with Gasteiger partial charge in [-0.25, -0.2) is 14.5 Å². The summed E-state index contributed by atoms with van der Waals surface area (Å²) in [5.74, 6) is 1.39. The summed E-state index contributed by atoms with van der Waals surface area (Å²) >= 11 is 0. The molecule has 5 nitrogen and oxygen atoms in total. The lowest BCUT2D eigenvalue weighted by atomic mass is 10.3. The Labute approximate surface area is 97.7 Å². The Kier molecular flexibility index (Phi) is 2.22. The number of hydrogen-bond donors (Lipinski definition) is 0. The first-order valence-electron chi connectivity index (χ1n) is 5.17. The first-order valence-corrected chi connectivity index (χ1v) is 5.17. The van der Waals surface area contributed by atoms with E-state index in [0.29, 0.717) is 5.82 Å². The van der Waals surface area contributed by atoms with Crippen LogP contribution in [-0.2, 0) is 0 Å². The van der Waals surface area contributed by atoms with Gasteiger partial charge in [0.1, 0.15) is 11.4 Å². The molecule has 3 rings (SSSR count). The van der Waals surface area contributed by atoms with E-state index in [1.165, 1.54) is 0 Å². The molecule has 0 radical (unpaired) electrons. The fraction of sp³-hybridized carbons (Fsp3) is 0.0833. The molecule has 0 aliphatic carbocycles. The molecule has 0 saturated heterocycles. The minimum atomic E-state index is 0.621. The van der Waals surface area contributed by atoms with Crippen LogP contribution in [0.25, 0.3) is 17.0 Å². The number of methoxy groups -OCH3 is 1. The quantitative estimate of drug-likeness (QED) is 0.668. The molecule has 0 aliphatic rings. The number of rotatable bonds is 2. The minimum absolute atomic E-state index is 0.621. The fourth-order valence-electron chi connectivity index (χ4n) is 1.63. The summed E-state index contributed by atoms with van der Waals surface area (Å²) in [4.78, 5) is 8.34. The van der Waals surface area contributed by atoms with E-state index < -0.39 is 0 Å².